The molecule has 7 heteroatoms. The predicted molar refractivity (Wildman–Crippen MR) is 103 cm³/mol. The van der Waals surface area contributed by atoms with Crippen LogP contribution in [-0.4, -0.2) is 52.1 Å². The van der Waals surface area contributed by atoms with Gasteiger partial charge in [-0.1, -0.05) is 30.3 Å². The van der Waals surface area contributed by atoms with Gasteiger partial charge in [-0.05, 0) is 6.92 Å². The Morgan fingerprint density at radius 1 is 1.04 bits per heavy atom. The number of carbonyl (C=O) groups excluding carboxylic acids is 1. The Labute approximate surface area is 162 Å². The Morgan fingerprint density at radius 3 is 2.16 bits per heavy atom. The van der Waals surface area contributed by atoms with Gasteiger partial charge in [-0.15, -0.1) is 0 Å². The van der Waals surface area contributed by atoms with Crippen LogP contribution in [-0.2, 0) is 4.52 Å². The molecule has 0 N–H and O–H groups in total. The second-order valence-corrected chi connectivity index (χ2v) is 5.81. The van der Waals surface area contributed by atoms with Gasteiger partial charge in [0.2, 0.25) is 0 Å². The van der Waals surface area contributed by atoms with Crippen LogP contribution in [0.15, 0.2) is 42.5 Å². The summed E-state index contributed by atoms with van der Waals surface area (Å²) in [4.78, 5) is 12.1. The van der Waals surface area contributed by atoms with E-state index in [9.17, 15) is 4.79 Å². The van der Waals surface area contributed by atoms with Crippen molar-refractivity contribution in [3.8, 4) is 17.2 Å². The Balaban J connectivity index is 0.00000312. The zero-order valence-corrected chi connectivity index (χ0v) is 15.0. The molecular formula is C18H22LiO5P. The van der Waals surface area contributed by atoms with Crippen LogP contribution in [0.3, 0.4) is 0 Å². The first-order valence-corrected chi connectivity index (χ1v) is 8.45. The van der Waals surface area contributed by atoms with Crippen LogP contribution in [0.5, 0.6) is 17.2 Å². The van der Waals surface area contributed by atoms with Gasteiger partial charge in [0.15, 0.2) is 12.4 Å². The number of methoxy groups -OCH3 is 2. The average molecular weight is 356 g/mol. The topological polar surface area (TPSA) is 54.0 Å². The van der Waals surface area contributed by atoms with Crippen LogP contribution in [0.25, 0.3) is 0 Å². The van der Waals surface area contributed by atoms with Gasteiger partial charge in [-0.2, -0.15) is 0 Å². The van der Waals surface area contributed by atoms with Crippen molar-refractivity contribution < 1.29 is 23.5 Å². The standard InChI is InChI=1S/C18H21O5P.Li.H/c1-4-23-24-18-16(20-2)10-14(11-17(18)21-3)22-12-15(19)13-8-6-5-7-9-13;;/h5-11,24H,4,12H2,1-3H3;;. The van der Waals surface area contributed by atoms with Crippen molar-refractivity contribution in [3.05, 3.63) is 48.0 Å². The second-order valence-electron chi connectivity index (χ2n) is 4.82. The SMILES string of the molecule is CCOPc1c(OC)cc(OCC(=O)c2ccccc2)cc1OC.[LiH]. The van der Waals surface area contributed by atoms with Crippen LogP contribution >= 0.6 is 8.81 Å². The quantitative estimate of drug-likeness (QED) is 0.393. The molecule has 25 heavy (non-hydrogen) atoms. The molecule has 0 aromatic heterocycles. The van der Waals surface area contributed by atoms with E-state index in [0.717, 1.165) is 5.30 Å². The first-order valence-electron chi connectivity index (χ1n) is 7.54. The molecule has 2 aromatic carbocycles. The predicted octanol–water partition coefficient (Wildman–Crippen LogP) is 2.57. The molecule has 0 spiro atoms. The van der Waals surface area contributed by atoms with Crippen molar-refractivity contribution in [1.29, 1.82) is 0 Å². The fraction of sp³-hybridized carbons (Fsp3) is 0.278. The van der Waals surface area contributed by atoms with Gasteiger partial charge in [-0.25, -0.2) is 0 Å². The number of carbonyl (C=O) groups is 1. The minimum atomic E-state index is -0.0891. The molecule has 0 aliphatic rings. The number of benzene rings is 2. The molecule has 130 valence electrons. The molecule has 1 unspecified atom stereocenters. The molecule has 0 heterocycles. The molecule has 0 fully saturated rings. The van der Waals surface area contributed by atoms with Gasteiger partial charge in [-0.3, -0.25) is 4.79 Å². The van der Waals surface area contributed by atoms with E-state index in [1.807, 2.05) is 25.1 Å². The summed E-state index contributed by atoms with van der Waals surface area (Å²) < 4.78 is 21.9. The van der Waals surface area contributed by atoms with Crippen molar-refractivity contribution in [2.45, 2.75) is 6.92 Å². The number of Topliss-reactive ketones (excluding diaryl/α,β-unsaturated/α-hetero) is 1. The molecule has 1 atom stereocenters. The molecule has 0 bridgehead atoms. The van der Waals surface area contributed by atoms with Crippen molar-refractivity contribution in [2.75, 3.05) is 27.4 Å². The van der Waals surface area contributed by atoms with Crippen molar-refractivity contribution in [2.24, 2.45) is 0 Å². The van der Waals surface area contributed by atoms with Crippen molar-refractivity contribution in [3.63, 3.8) is 0 Å². The Morgan fingerprint density at radius 2 is 1.64 bits per heavy atom. The van der Waals surface area contributed by atoms with E-state index in [0.29, 0.717) is 29.4 Å². The molecule has 0 amide bonds. The van der Waals surface area contributed by atoms with E-state index in [1.54, 1.807) is 38.5 Å². The summed E-state index contributed by atoms with van der Waals surface area (Å²) in [5, 5.41) is 0.837. The van der Waals surface area contributed by atoms with Crippen molar-refractivity contribution >= 4 is 38.8 Å². The zero-order chi connectivity index (χ0) is 17.4. The summed E-state index contributed by atoms with van der Waals surface area (Å²) in [6, 6.07) is 12.5. The molecular weight excluding hydrogens is 334 g/mol. The molecule has 0 saturated heterocycles. The summed E-state index contributed by atoms with van der Waals surface area (Å²) in [6.45, 7) is 2.48. The molecule has 0 saturated carbocycles. The fourth-order valence-corrected chi connectivity index (χ4v) is 2.91. The molecule has 2 rings (SSSR count). The van der Waals surface area contributed by atoms with Crippen LogP contribution in [0.1, 0.15) is 17.3 Å². The summed E-state index contributed by atoms with van der Waals surface area (Å²) >= 11 is 0. The van der Waals surface area contributed by atoms with Gasteiger partial charge in [0.05, 0.1) is 28.3 Å². The van der Waals surface area contributed by atoms with Gasteiger partial charge in [0.25, 0.3) is 0 Å². The molecule has 5 nitrogen and oxygen atoms in total. The van der Waals surface area contributed by atoms with Crippen LogP contribution in [0.2, 0.25) is 0 Å². The summed E-state index contributed by atoms with van der Waals surface area (Å²) in [7, 11) is 3.27. The molecule has 2 aromatic rings. The normalized spacial score (nSPS) is 10.4. The number of rotatable bonds is 9. The number of ether oxygens (including phenoxy) is 3. The van der Waals surface area contributed by atoms with E-state index >= 15 is 0 Å². The first kappa shape index (κ1) is 21.5. The van der Waals surface area contributed by atoms with E-state index in [4.69, 9.17) is 18.7 Å². The van der Waals surface area contributed by atoms with Crippen LogP contribution in [0, 0.1) is 0 Å². The monoisotopic (exact) mass is 356 g/mol. The van der Waals surface area contributed by atoms with Gasteiger partial charge in [0.1, 0.15) is 17.2 Å². The first-order chi connectivity index (χ1) is 11.7. The molecule has 0 aliphatic carbocycles. The number of hydrogen-bond donors (Lipinski definition) is 0. The Hall–Kier alpha value is -1.50. The van der Waals surface area contributed by atoms with Gasteiger partial charge < -0.3 is 18.7 Å². The number of hydrogen-bond acceptors (Lipinski definition) is 5. The van der Waals surface area contributed by atoms with E-state index in [2.05, 4.69) is 0 Å². The Bertz CT molecular complexity index is 653. The summed E-state index contributed by atoms with van der Waals surface area (Å²) in [5.41, 5.74) is 0.617. The average Bonchev–Trinajstić information content (AvgIpc) is 2.64. The molecule has 0 radical (unpaired) electrons. The third-order valence-corrected chi connectivity index (χ3v) is 4.39. The van der Waals surface area contributed by atoms with E-state index in [-0.39, 0.29) is 40.1 Å². The van der Waals surface area contributed by atoms with Gasteiger partial charge in [0, 0.05) is 24.3 Å². The third kappa shape index (κ3) is 6.06. The van der Waals surface area contributed by atoms with Gasteiger partial charge >= 0.3 is 18.9 Å². The van der Waals surface area contributed by atoms with E-state index in [1.165, 1.54) is 0 Å². The van der Waals surface area contributed by atoms with Crippen LogP contribution in [0.4, 0.5) is 0 Å². The minimum absolute atomic E-state index is 0. The zero-order valence-electron chi connectivity index (χ0n) is 14.0. The van der Waals surface area contributed by atoms with E-state index < -0.39 is 0 Å². The molecule has 0 aliphatic heterocycles. The number of ketones is 1. The second kappa shape index (κ2) is 11.2. The van der Waals surface area contributed by atoms with Crippen molar-refractivity contribution in [1.82, 2.24) is 0 Å². The maximum absolute atomic E-state index is 12.1. The van der Waals surface area contributed by atoms with Crippen LogP contribution < -0.4 is 19.5 Å². The third-order valence-electron chi connectivity index (χ3n) is 3.26. The summed E-state index contributed by atoms with van der Waals surface area (Å²) in [6.07, 6.45) is 0. The Kier molecular flexibility index (Phi) is 9.63. The maximum atomic E-state index is 12.1. The fourth-order valence-electron chi connectivity index (χ4n) is 2.07. The summed E-state index contributed by atoms with van der Waals surface area (Å²) in [5.74, 6) is 1.65.